The Morgan fingerprint density at radius 3 is 2.38 bits per heavy atom. The molecule has 1 amide bonds. The fourth-order valence-electron chi connectivity index (χ4n) is 3.89. The predicted molar refractivity (Wildman–Crippen MR) is 114 cm³/mol. The van der Waals surface area contributed by atoms with E-state index in [0.717, 1.165) is 11.3 Å². The molecular weight excluding hydrogens is 391 g/mol. The first-order valence-electron chi connectivity index (χ1n) is 10.1. The van der Waals surface area contributed by atoms with Gasteiger partial charge in [0.2, 0.25) is 0 Å². The van der Waals surface area contributed by atoms with E-state index >= 15 is 0 Å². The summed E-state index contributed by atoms with van der Waals surface area (Å²) < 4.78 is 37.0. The number of benzene rings is 1. The molecular formula is C22H31FN2O3S. The molecule has 1 aromatic carbocycles. The summed E-state index contributed by atoms with van der Waals surface area (Å²) in [6.07, 6.45) is 1.48. The number of amides is 1. The maximum absolute atomic E-state index is 14.5. The zero-order chi connectivity index (χ0) is 21.6. The molecule has 1 heterocycles. The van der Waals surface area contributed by atoms with Crippen LogP contribution in [0.5, 0.6) is 0 Å². The Bertz CT molecular complexity index is 818. The minimum absolute atomic E-state index is 0.247. The molecule has 160 valence electrons. The number of hydrogen-bond acceptors (Lipinski definition) is 4. The molecule has 0 unspecified atom stereocenters. The van der Waals surface area contributed by atoms with Crippen LogP contribution in [0.1, 0.15) is 65.5 Å². The summed E-state index contributed by atoms with van der Waals surface area (Å²) in [5.74, 6) is -0.247. The Labute approximate surface area is 176 Å². The minimum Gasteiger partial charge on any atom is -0.591 e. The van der Waals surface area contributed by atoms with Crippen molar-refractivity contribution in [3.05, 3.63) is 35.1 Å². The fraction of sp³-hybridized carbons (Fsp3) is 0.636. The van der Waals surface area contributed by atoms with Crippen molar-refractivity contribution in [2.24, 2.45) is 9.81 Å². The number of piperidine rings is 1. The number of likely N-dealkylation sites (tertiary alicyclic amines) is 1. The quantitative estimate of drug-likeness (QED) is 0.619. The van der Waals surface area contributed by atoms with E-state index in [0.29, 0.717) is 37.9 Å². The summed E-state index contributed by atoms with van der Waals surface area (Å²) in [7, 11) is 0. The topological polar surface area (TPSA) is 65.0 Å². The molecule has 1 saturated heterocycles. The maximum Gasteiger partial charge on any atom is 0.410 e. The molecule has 0 bridgehead atoms. The van der Waals surface area contributed by atoms with Crippen molar-refractivity contribution in [2.75, 3.05) is 13.1 Å². The van der Waals surface area contributed by atoms with Gasteiger partial charge < -0.3 is 14.2 Å². The molecule has 1 fully saturated rings. The lowest BCUT2D eigenvalue weighted by Crippen LogP contribution is -2.47. The lowest BCUT2D eigenvalue weighted by molar-refractivity contribution is 0.0159. The van der Waals surface area contributed by atoms with Gasteiger partial charge >= 0.3 is 6.09 Å². The van der Waals surface area contributed by atoms with Crippen LogP contribution in [0.2, 0.25) is 0 Å². The van der Waals surface area contributed by atoms with Crippen molar-refractivity contribution in [1.29, 1.82) is 0 Å². The van der Waals surface area contributed by atoms with Gasteiger partial charge in [0.1, 0.15) is 33.2 Å². The average molecular weight is 423 g/mol. The van der Waals surface area contributed by atoms with E-state index in [2.05, 4.69) is 4.40 Å². The summed E-state index contributed by atoms with van der Waals surface area (Å²) in [6, 6.07) is 5.01. The Kier molecular flexibility index (Phi) is 5.78. The van der Waals surface area contributed by atoms with Crippen LogP contribution in [0.15, 0.2) is 22.6 Å². The monoisotopic (exact) mass is 422 g/mol. The summed E-state index contributed by atoms with van der Waals surface area (Å²) in [4.78, 5) is 14.1. The van der Waals surface area contributed by atoms with Crippen LogP contribution in [-0.2, 0) is 22.5 Å². The summed E-state index contributed by atoms with van der Waals surface area (Å²) >= 11 is -1.44. The molecule has 0 saturated carbocycles. The van der Waals surface area contributed by atoms with E-state index in [4.69, 9.17) is 4.74 Å². The van der Waals surface area contributed by atoms with Gasteiger partial charge in [-0.25, -0.2) is 9.18 Å². The van der Waals surface area contributed by atoms with E-state index in [9.17, 15) is 13.7 Å². The van der Waals surface area contributed by atoms with Crippen molar-refractivity contribution in [3.8, 4) is 0 Å². The van der Waals surface area contributed by atoms with Crippen LogP contribution >= 0.6 is 0 Å². The molecule has 1 atom stereocenters. The van der Waals surface area contributed by atoms with Gasteiger partial charge in [-0.1, -0.05) is 16.5 Å². The standard InChI is InChI=1S/C22H31FN2O3S/c1-20(2,3)28-19(26)25-12-10-22(11-13-25)14-16-15(8-7-9-17(16)23)18(22)24-29(27)21(4,5)6/h7-9H,10-14H2,1-6H3/b24-18-/t29-/m1/s1. The highest BCUT2D eigenvalue weighted by atomic mass is 32.2. The highest BCUT2D eigenvalue weighted by Crippen LogP contribution is 2.46. The second kappa shape index (κ2) is 7.58. The van der Waals surface area contributed by atoms with Gasteiger partial charge in [-0.2, -0.15) is 0 Å². The van der Waals surface area contributed by atoms with E-state index in [1.54, 1.807) is 11.0 Å². The molecule has 2 aliphatic rings. The van der Waals surface area contributed by atoms with Crippen LogP contribution in [-0.4, -0.2) is 44.7 Å². The molecule has 1 aromatic rings. The normalized spacial score (nSPS) is 21.4. The predicted octanol–water partition coefficient (Wildman–Crippen LogP) is 4.65. The molecule has 7 heteroatoms. The van der Waals surface area contributed by atoms with Crippen molar-refractivity contribution in [1.82, 2.24) is 4.90 Å². The van der Waals surface area contributed by atoms with Crippen molar-refractivity contribution >= 4 is 23.2 Å². The molecule has 0 radical (unpaired) electrons. The highest BCUT2D eigenvalue weighted by Gasteiger charge is 2.49. The number of ether oxygens (including phenoxy) is 1. The van der Waals surface area contributed by atoms with Crippen LogP contribution in [0.25, 0.3) is 0 Å². The smallest absolute Gasteiger partial charge is 0.410 e. The number of hydrogen-bond donors (Lipinski definition) is 0. The number of fused-ring (bicyclic) bond motifs is 1. The van der Waals surface area contributed by atoms with Gasteiger partial charge in [0.15, 0.2) is 0 Å². The van der Waals surface area contributed by atoms with Crippen LogP contribution in [0.3, 0.4) is 0 Å². The first-order chi connectivity index (χ1) is 13.3. The number of carbonyl (C=O) groups is 1. The third-order valence-corrected chi connectivity index (χ3v) is 6.86. The molecule has 1 aliphatic heterocycles. The van der Waals surface area contributed by atoms with Crippen molar-refractivity contribution in [2.45, 2.75) is 71.2 Å². The number of halogens is 1. The summed E-state index contributed by atoms with van der Waals surface area (Å²) in [6.45, 7) is 12.2. The lowest BCUT2D eigenvalue weighted by atomic mass is 9.74. The zero-order valence-corrected chi connectivity index (χ0v) is 19.0. The molecule has 5 nitrogen and oxygen atoms in total. The molecule has 1 aliphatic carbocycles. The molecule has 0 N–H and O–H groups in total. The Morgan fingerprint density at radius 2 is 1.83 bits per heavy atom. The molecule has 29 heavy (non-hydrogen) atoms. The van der Waals surface area contributed by atoms with E-state index in [1.165, 1.54) is 6.07 Å². The highest BCUT2D eigenvalue weighted by molar-refractivity contribution is 7.91. The van der Waals surface area contributed by atoms with Gasteiger partial charge in [0.25, 0.3) is 0 Å². The first kappa shape index (κ1) is 22.1. The average Bonchev–Trinajstić information content (AvgIpc) is 2.88. The minimum atomic E-state index is -1.44. The number of rotatable bonds is 1. The summed E-state index contributed by atoms with van der Waals surface area (Å²) in [5, 5.41) is 0. The van der Waals surface area contributed by atoms with E-state index in [1.807, 2.05) is 47.6 Å². The van der Waals surface area contributed by atoms with Crippen molar-refractivity contribution < 1.29 is 18.5 Å². The van der Waals surface area contributed by atoms with Gasteiger partial charge in [0.05, 0.1) is 0 Å². The second-order valence-electron chi connectivity index (χ2n) is 9.99. The Hall–Kier alpha value is -1.60. The van der Waals surface area contributed by atoms with Gasteiger partial charge in [-0.15, -0.1) is 0 Å². The van der Waals surface area contributed by atoms with Gasteiger partial charge in [-0.3, -0.25) is 0 Å². The first-order valence-corrected chi connectivity index (χ1v) is 11.2. The Balaban J connectivity index is 1.89. The van der Waals surface area contributed by atoms with Crippen LogP contribution < -0.4 is 0 Å². The maximum atomic E-state index is 14.5. The molecule has 3 rings (SSSR count). The largest absolute Gasteiger partial charge is 0.591 e. The van der Waals surface area contributed by atoms with Crippen molar-refractivity contribution in [3.63, 3.8) is 0 Å². The van der Waals surface area contributed by atoms with Gasteiger partial charge in [0, 0.05) is 24.1 Å². The third-order valence-electron chi connectivity index (χ3n) is 5.46. The molecule has 0 aromatic heterocycles. The fourth-order valence-corrected chi connectivity index (χ4v) is 4.62. The zero-order valence-electron chi connectivity index (χ0n) is 18.2. The van der Waals surface area contributed by atoms with Gasteiger partial charge in [-0.05, 0) is 72.4 Å². The SMILES string of the molecule is CC(C)(C)OC(=O)N1CCC2(CC1)Cc1c(F)cccc1/C2=N/[S@+]([O-])C(C)(C)C. The third kappa shape index (κ3) is 4.61. The van der Waals surface area contributed by atoms with Crippen LogP contribution in [0, 0.1) is 11.2 Å². The summed E-state index contributed by atoms with van der Waals surface area (Å²) in [5.41, 5.74) is 1.18. The van der Waals surface area contributed by atoms with Crippen LogP contribution in [0.4, 0.5) is 9.18 Å². The second-order valence-corrected chi connectivity index (χ2v) is 11.9. The number of carbonyl (C=O) groups excluding carboxylic acids is 1. The number of nitrogens with zero attached hydrogens (tertiary/aromatic N) is 2. The molecule has 1 spiro atoms. The lowest BCUT2D eigenvalue weighted by Gasteiger charge is -2.39. The van der Waals surface area contributed by atoms with E-state index < -0.39 is 27.1 Å². The van der Waals surface area contributed by atoms with E-state index in [-0.39, 0.29) is 11.9 Å². The Morgan fingerprint density at radius 1 is 1.21 bits per heavy atom.